The smallest absolute Gasteiger partial charge is 0.319 e. The van der Waals surface area contributed by atoms with Crippen molar-refractivity contribution in [1.82, 2.24) is 15.5 Å². The molecule has 3 aliphatic rings. The second-order valence-corrected chi connectivity index (χ2v) is 11.5. The SMILES string of the molecule is C[C@H]1[C@@H]2[C@@H](O)[C@H]([C@H](C)C(=O)NCCN3CCOCC3)CC[C@@]2(C)CC[C@@H]1NC(=O)Nc1cccc(F)c1. The number of hydrogen-bond donors (Lipinski definition) is 4. The van der Waals surface area contributed by atoms with Crippen LogP contribution in [0.5, 0.6) is 0 Å². The summed E-state index contributed by atoms with van der Waals surface area (Å²) in [6.07, 6.45) is 2.87. The zero-order valence-corrected chi connectivity index (χ0v) is 22.3. The predicted octanol–water partition coefficient (Wildman–Crippen LogP) is 3.22. The number of nitrogens with zero attached hydrogens (tertiary/aromatic N) is 1. The van der Waals surface area contributed by atoms with Gasteiger partial charge >= 0.3 is 6.03 Å². The standard InChI is InChI=1S/C28H43FN4O4/c1-18(26(35)30-11-12-33-13-15-37-16-14-33)22-7-9-28(3)10-8-23(19(2)24(28)25(22)34)32-27(36)31-21-6-4-5-20(29)17-21/h4-6,17-19,22-25,34H,7-16H2,1-3H3,(H,30,35)(H2,31,32,36)/t18-,19+,22-,23-,24+,25-,28-/m0/s1. The Morgan fingerprint density at radius 2 is 1.97 bits per heavy atom. The van der Waals surface area contributed by atoms with Crippen LogP contribution in [0.1, 0.15) is 46.5 Å². The number of urea groups is 1. The number of ether oxygens (including phenoxy) is 1. The van der Waals surface area contributed by atoms with E-state index in [2.05, 4.69) is 34.7 Å². The van der Waals surface area contributed by atoms with Crippen LogP contribution in [-0.4, -0.2) is 73.5 Å². The van der Waals surface area contributed by atoms with Crippen molar-refractivity contribution < 1.29 is 23.8 Å². The number of aliphatic hydroxyl groups excluding tert-OH is 1. The summed E-state index contributed by atoms with van der Waals surface area (Å²) in [4.78, 5) is 28.0. The van der Waals surface area contributed by atoms with Crippen molar-refractivity contribution in [3.05, 3.63) is 30.1 Å². The summed E-state index contributed by atoms with van der Waals surface area (Å²) < 4.78 is 18.9. The Labute approximate surface area is 219 Å². The minimum atomic E-state index is -0.621. The fourth-order valence-corrected chi connectivity index (χ4v) is 6.92. The van der Waals surface area contributed by atoms with Crippen molar-refractivity contribution in [2.24, 2.45) is 29.1 Å². The van der Waals surface area contributed by atoms with Crippen LogP contribution in [0.3, 0.4) is 0 Å². The van der Waals surface area contributed by atoms with E-state index >= 15 is 0 Å². The average molecular weight is 519 g/mol. The predicted molar refractivity (Wildman–Crippen MR) is 141 cm³/mol. The zero-order chi connectivity index (χ0) is 26.6. The highest BCUT2D eigenvalue weighted by Crippen LogP contribution is 2.55. The second kappa shape index (κ2) is 12.1. The number of fused-ring (bicyclic) bond motifs is 1. The van der Waals surface area contributed by atoms with E-state index in [9.17, 15) is 19.1 Å². The molecule has 1 saturated heterocycles. The third-order valence-electron chi connectivity index (χ3n) is 9.17. The number of amides is 3. The number of halogens is 1. The lowest BCUT2D eigenvalue weighted by Gasteiger charge is -2.56. The third kappa shape index (κ3) is 6.62. The van der Waals surface area contributed by atoms with Gasteiger partial charge in [-0.2, -0.15) is 0 Å². The van der Waals surface area contributed by atoms with E-state index in [4.69, 9.17) is 4.74 Å². The maximum atomic E-state index is 13.5. The molecule has 0 bridgehead atoms. The fraction of sp³-hybridized carbons (Fsp3) is 0.714. The molecule has 0 aromatic heterocycles. The number of anilines is 1. The van der Waals surface area contributed by atoms with Gasteiger partial charge in [0.25, 0.3) is 0 Å². The van der Waals surface area contributed by atoms with E-state index in [1.807, 2.05) is 6.92 Å². The second-order valence-electron chi connectivity index (χ2n) is 11.5. The Balaban J connectivity index is 1.33. The number of carbonyl (C=O) groups is 2. The van der Waals surface area contributed by atoms with E-state index in [-0.39, 0.29) is 47.1 Å². The lowest BCUT2D eigenvalue weighted by molar-refractivity contribution is -0.141. The van der Waals surface area contributed by atoms with Crippen LogP contribution < -0.4 is 16.0 Å². The molecule has 4 N–H and O–H groups in total. The molecule has 7 atom stereocenters. The summed E-state index contributed by atoms with van der Waals surface area (Å²) in [7, 11) is 0. The van der Waals surface area contributed by atoms with Gasteiger partial charge in [-0.25, -0.2) is 9.18 Å². The molecule has 8 nitrogen and oxygen atoms in total. The molecule has 3 fully saturated rings. The van der Waals surface area contributed by atoms with Crippen LogP contribution in [0.25, 0.3) is 0 Å². The number of rotatable bonds is 7. The first kappa shape index (κ1) is 27.8. The van der Waals surface area contributed by atoms with Crippen molar-refractivity contribution in [3.63, 3.8) is 0 Å². The van der Waals surface area contributed by atoms with Crippen LogP contribution in [0.2, 0.25) is 0 Å². The first-order chi connectivity index (χ1) is 17.7. The highest BCUT2D eigenvalue weighted by atomic mass is 19.1. The van der Waals surface area contributed by atoms with Gasteiger partial charge < -0.3 is 25.8 Å². The van der Waals surface area contributed by atoms with Gasteiger partial charge in [-0.05, 0) is 67.1 Å². The van der Waals surface area contributed by atoms with Crippen LogP contribution in [0.15, 0.2) is 24.3 Å². The summed E-state index contributed by atoms with van der Waals surface area (Å²) in [5.41, 5.74) is 0.371. The molecule has 0 spiro atoms. The molecule has 3 amide bonds. The summed E-state index contributed by atoms with van der Waals surface area (Å²) in [5.74, 6) is -0.817. The topological polar surface area (TPSA) is 103 Å². The van der Waals surface area contributed by atoms with Gasteiger partial charge in [0, 0.05) is 43.8 Å². The molecular formula is C28H43FN4O4. The van der Waals surface area contributed by atoms with Crippen LogP contribution in [-0.2, 0) is 9.53 Å². The Bertz CT molecular complexity index is 943. The number of benzene rings is 1. The van der Waals surface area contributed by atoms with Gasteiger partial charge in [0.2, 0.25) is 5.91 Å². The molecule has 9 heteroatoms. The summed E-state index contributed by atoms with van der Waals surface area (Å²) >= 11 is 0. The molecule has 1 aromatic carbocycles. The molecule has 2 saturated carbocycles. The first-order valence-electron chi connectivity index (χ1n) is 13.8. The highest BCUT2D eigenvalue weighted by Gasteiger charge is 2.53. The van der Waals surface area contributed by atoms with E-state index in [1.54, 1.807) is 12.1 Å². The minimum absolute atomic E-state index is 0.00600. The molecule has 206 valence electrons. The van der Waals surface area contributed by atoms with Crippen LogP contribution >= 0.6 is 0 Å². The Kier molecular flexibility index (Phi) is 9.08. The van der Waals surface area contributed by atoms with Gasteiger partial charge in [0.1, 0.15) is 5.82 Å². The van der Waals surface area contributed by atoms with Gasteiger partial charge in [-0.3, -0.25) is 9.69 Å². The Morgan fingerprint density at radius 1 is 1.24 bits per heavy atom. The fourth-order valence-electron chi connectivity index (χ4n) is 6.92. The molecule has 37 heavy (non-hydrogen) atoms. The van der Waals surface area contributed by atoms with Crippen molar-refractivity contribution in [3.8, 4) is 0 Å². The van der Waals surface area contributed by atoms with Gasteiger partial charge in [-0.15, -0.1) is 0 Å². The lowest BCUT2D eigenvalue weighted by atomic mass is 9.52. The maximum Gasteiger partial charge on any atom is 0.319 e. The molecule has 1 aliphatic heterocycles. The number of morpholine rings is 1. The quantitative estimate of drug-likeness (QED) is 0.444. The number of carbonyl (C=O) groups excluding carboxylic acids is 2. The van der Waals surface area contributed by atoms with Crippen LogP contribution in [0, 0.1) is 34.9 Å². The van der Waals surface area contributed by atoms with E-state index < -0.39 is 11.9 Å². The molecule has 1 heterocycles. The van der Waals surface area contributed by atoms with Crippen molar-refractivity contribution in [2.45, 2.75) is 58.6 Å². The summed E-state index contributed by atoms with van der Waals surface area (Å²) in [5, 5.41) is 20.4. The summed E-state index contributed by atoms with van der Waals surface area (Å²) in [6.45, 7) is 10.9. The van der Waals surface area contributed by atoms with Gasteiger partial charge in [0.05, 0.1) is 19.3 Å². The normalized spacial score (nSPS) is 33.2. The molecule has 1 aromatic rings. The Hall–Kier alpha value is -2.23. The largest absolute Gasteiger partial charge is 0.392 e. The van der Waals surface area contributed by atoms with Crippen molar-refractivity contribution in [2.75, 3.05) is 44.7 Å². The zero-order valence-electron chi connectivity index (χ0n) is 22.3. The lowest BCUT2D eigenvalue weighted by Crippen LogP contribution is -2.59. The number of hydrogen-bond acceptors (Lipinski definition) is 5. The van der Waals surface area contributed by atoms with Crippen molar-refractivity contribution in [1.29, 1.82) is 0 Å². The van der Waals surface area contributed by atoms with E-state index in [0.29, 0.717) is 12.2 Å². The molecule has 2 aliphatic carbocycles. The minimum Gasteiger partial charge on any atom is -0.392 e. The van der Waals surface area contributed by atoms with E-state index in [0.717, 1.165) is 58.5 Å². The Morgan fingerprint density at radius 3 is 2.70 bits per heavy atom. The molecular weight excluding hydrogens is 475 g/mol. The third-order valence-corrected chi connectivity index (χ3v) is 9.17. The highest BCUT2D eigenvalue weighted by molar-refractivity contribution is 5.89. The van der Waals surface area contributed by atoms with Crippen LogP contribution in [0.4, 0.5) is 14.9 Å². The van der Waals surface area contributed by atoms with Gasteiger partial charge in [-0.1, -0.05) is 26.8 Å². The maximum absolute atomic E-state index is 13.5. The van der Waals surface area contributed by atoms with Crippen molar-refractivity contribution >= 4 is 17.6 Å². The molecule has 4 rings (SSSR count). The number of nitrogens with one attached hydrogen (secondary N) is 3. The monoisotopic (exact) mass is 518 g/mol. The molecule has 0 radical (unpaired) electrons. The number of aliphatic hydroxyl groups is 1. The molecule has 0 unspecified atom stereocenters. The van der Waals surface area contributed by atoms with E-state index in [1.165, 1.54) is 12.1 Å². The van der Waals surface area contributed by atoms with Gasteiger partial charge in [0.15, 0.2) is 0 Å². The average Bonchev–Trinajstić information content (AvgIpc) is 2.86. The first-order valence-corrected chi connectivity index (χ1v) is 13.8. The summed E-state index contributed by atoms with van der Waals surface area (Å²) in [6, 6.07) is 5.33.